The average molecular weight is 438 g/mol. The minimum absolute atomic E-state index is 0.115. The van der Waals surface area contributed by atoms with Crippen molar-refractivity contribution in [1.82, 2.24) is 0 Å². The Hall–Kier alpha value is -4.25. The molecule has 0 N–H and O–H groups in total. The molecule has 0 saturated carbocycles. The maximum Gasteiger partial charge on any atom is 0.179 e. The van der Waals surface area contributed by atoms with Crippen molar-refractivity contribution in [3.8, 4) is 16.9 Å². The Morgan fingerprint density at radius 3 is 1.91 bits per heavy atom. The van der Waals surface area contributed by atoms with Crippen molar-refractivity contribution >= 4 is 43.5 Å². The van der Waals surface area contributed by atoms with Gasteiger partial charge in [-0.05, 0) is 82.2 Å². The smallest absolute Gasteiger partial charge is 0.179 e. The highest BCUT2D eigenvalue weighted by Crippen LogP contribution is 2.41. The number of rotatable bonds is 2. The van der Waals surface area contributed by atoms with E-state index in [0.717, 1.165) is 16.2 Å². The number of halogens is 2. The van der Waals surface area contributed by atoms with Crippen LogP contribution in [0.15, 0.2) is 88.1 Å². The molecular weight excluding hydrogens is 422 g/mol. The first-order chi connectivity index (χ1) is 16.0. The van der Waals surface area contributed by atoms with Crippen LogP contribution in [0.3, 0.4) is 0 Å². The van der Waals surface area contributed by atoms with Crippen molar-refractivity contribution in [3.63, 3.8) is 0 Å². The number of benzene rings is 5. The third-order valence-corrected chi connectivity index (χ3v) is 6.03. The largest absolute Gasteiger partial charge is 0.497 e. The van der Waals surface area contributed by atoms with Gasteiger partial charge in [-0.15, -0.1) is 0 Å². The van der Waals surface area contributed by atoms with Gasteiger partial charge < -0.3 is 9.15 Å². The standard InChI is InChI=1S/C28H16F2O3/c1-32-20-8-6-16-12-22-26(14-18(16)10-20)33-25-13-17-9-19(31)7-5-15(17)11-21(25)27(22)28-23(29)3-2-4-24(28)30/h2-14H,1H3. The van der Waals surface area contributed by atoms with Gasteiger partial charge >= 0.3 is 0 Å². The second-order valence-electron chi connectivity index (χ2n) is 7.99. The zero-order valence-electron chi connectivity index (χ0n) is 17.5. The first-order valence-electron chi connectivity index (χ1n) is 10.4. The van der Waals surface area contributed by atoms with Gasteiger partial charge in [0.05, 0.1) is 12.7 Å². The van der Waals surface area contributed by atoms with Crippen LogP contribution in [-0.2, 0) is 0 Å². The van der Waals surface area contributed by atoms with E-state index in [4.69, 9.17) is 9.15 Å². The van der Waals surface area contributed by atoms with Crippen LogP contribution in [0.2, 0.25) is 0 Å². The van der Waals surface area contributed by atoms with Crippen molar-refractivity contribution in [2.24, 2.45) is 0 Å². The van der Waals surface area contributed by atoms with E-state index in [0.29, 0.717) is 38.6 Å². The summed E-state index contributed by atoms with van der Waals surface area (Å²) in [6.07, 6.45) is 0. The molecule has 3 nitrogen and oxygen atoms in total. The van der Waals surface area contributed by atoms with E-state index in [2.05, 4.69) is 0 Å². The predicted molar refractivity (Wildman–Crippen MR) is 127 cm³/mol. The Kier molecular flexibility index (Phi) is 4.20. The van der Waals surface area contributed by atoms with Crippen LogP contribution >= 0.6 is 0 Å². The van der Waals surface area contributed by atoms with E-state index >= 15 is 8.78 Å². The molecule has 0 amide bonds. The summed E-state index contributed by atoms with van der Waals surface area (Å²) < 4.78 is 41.6. The Morgan fingerprint density at radius 1 is 0.667 bits per heavy atom. The monoisotopic (exact) mass is 438 g/mol. The highest BCUT2D eigenvalue weighted by atomic mass is 19.1. The molecule has 1 heterocycles. The van der Waals surface area contributed by atoms with Gasteiger partial charge in [0.1, 0.15) is 28.5 Å². The van der Waals surface area contributed by atoms with Crippen LogP contribution in [0.4, 0.5) is 8.78 Å². The van der Waals surface area contributed by atoms with Gasteiger partial charge in [-0.25, -0.2) is 8.78 Å². The molecule has 0 unspecified atom stereocenters. The van der Waals surface area contributed by atoms with Crippen LogP contribution in [0.1, 0.15) is 0 Å². The summed E-state index contributed by atoms with van der Waals surface area (Å²) in [7, 11) is 1.59. The van der Waals surface area contributed by atoms with Gasteiger partial charge in [0.15, 0.2) is 5.43 Å². The number of hydrogen-bond acceptors (Lipinski definition) is 3. The lowest BCUT2D eigenvalue weighted by molar-refractivity contribution is 0.415. The molecule has 6 rings (SSSR count). The molecule has 0 radical (unpaired) electrons. The highest BCUT2D eigenvalue weighted by molar-refractivity contribution is 6.14. The molecule has 0 aliphatic carbocycles. The van der Waals surface area contributed by atoms with Gasteiger partial charge in [0.25, 0.3) is 0 Å². The summed E-state index contributed by atoms with van der Waals surface area (Å²) in [6.45, 7) is 0. The zero-order chi connectivity index (χ0) is 22.7. The van der Waals surface area contributed by atoms with Gasteiger partial charge in [-0.2, -0.15) is 0 Å². The predicted octanol–water partition coefficient (Wildman–Crippen LogP) is 7.21. The molecule has 160 valence electrons. The fourth-order valence-corrected chi connectivity index (χ4v) is 4.47. The lowest BCUT2D eigenvalue weighted by Crippen LogP contribution is -1.96. The molecule has 5 aromatic carbocycles. The number of methoxy groups -OCH3 is 1. The van der Waals surface area contributed by atoms with Crippen molar-refractivity contribution in [3.05, 3.63) is 101 Å². The molecular formula is C28H16F2O3. The van der Waals surface area contributed by atoms with Crippen LogP contribution in [0, 0.1) is 11.6 Å². The van der Waals surface area contributed by atoms with Crippen LogP contribution < -0.4 is 10.2 Å². The zero-order valence-corrected chi connectivity index (χ0v) is 17.5. The summed E-state index contributed by atoms with van der Waals surface area (Å²) in [6, 6.07) is 21.4. The second-order valence-corrected chi connectivity index (χ2v) is 7.99. The summed E-state index contributed by atoms with van der Waals surface area (Å²) >= 11 is 0. The number of fused-ring (bicyclic) bond motifs is 4. The maximum atomic E-state index is 15.0. The first-order valence-corrected chi connectivity index (χ1v) is 10.4. The van der Waals surface area contributed by atoms with Crippen LogP contribution in [-0.4, -0.2) is 7.11 Å². The molecule has 0 aliphatic heterocycles. The van der Waals surface area contributed by atoms with Crippen molar-refractivity contribution in [1.29, 1.82) is 0 Å². The molecule has 5 heteroatoms. The van der Waals surface area contributed by atoms with E-state index in [9.17, 15) is 4.79 Å². The van der Waals surface area contributed by atoms with Gasteiger partial charge in [0, 0.05) is 16.3 Å². The van der Waals surface area contributed by atoms with E-state index in [-0.39, 0.29) is 11.0 Å². The third kappa shape index (κ3) is 3.04. The van der Waals surface area contributed by atoms with E-state index < -0.39 is 11.6 Å². The van der Waals surface area contributed by atoms with Crippen LogP contribution in [0.5, 0.6) is 5.75 Å². The normalized spacial score (nSPS) is 11.6. The Morgan fingerprint density at radius 2 is 1.27 bits per heavy atom. The molecule has 0 aliphatic rings. The van der Waals surface area contributed by atoms with Crippen LogP contribution in [0.25, 0.3) is 54.6 Å². The molecule has 33 heavy (non-hydrogen) atoms. The van der Waals surface area contributed by atoms with E-state index in [1.54, 1.807) is 19.2 Å². The fraction of sp³-hybridized carbons (Fsp3) is 0.0357. The minimum Gasteiger partial charge on any atom is -0.497 e. The number of ether oxygens (including phenoxy) is 1. The summed E-state index contributed by atoms with van der Waals surface area (Å²) in [5, 5.41) is 4.37. The molecule has 0 spiro atoms. The second kappa shape index (κ2) is 7.14. The third-order valence-electron chi connectivity index (χ3n) is 6.03. The summed E-state index contributed by atoms with van der Waals surface area (Å²) in [4.78, 5) is 11.9. The molecule has 0 atom stereocenters. The quantitative estimate of drug-likeness (QED) is 0.268. The lowest BCUT2D eigenvalue weighted by atomic mass is 9.93. The van der Waals surface area contributed by atoms with E-state index in [1.165, 1.54) is 30.3 Å². The summed E-state index contributed by atoms with van der Waals surface area (Å²) in [5.41, 5.74) is 1.07. The topological polar surface area (TPSA) is 39.4 Å². The molecule has 1 aromatic heterocycles. The number of hydrogen-bond donors (Lipinski definition) is 0. The average Bonchev–Trinajstić information content (AvgIpc) is 2.80. The molecule has 0 fully saturated rings. The molecule has 0 saturated heterocycles. The molecule has 6 aromatic rings. The van der Waals surface area contributed by atoms with Gasteiger partial charge in [-0.1, -0.05) is 18.2 Å². The fourth-order valence-electron chi connectivity index (χ4n) is 4.47. The first kappa shape index (κ1) is 19.4. The van der Waals surface area contributed by atoms with Crippen molar-refractivity contribution < 1.29 is 17.9 Å². The van der Waals surface area contributed by atoms with Crippen molar-refractivity contribution in [2.75, 3.05) is 7.11 Å². The van der Waals surface area contributed by atoms with Gasteiger partial charge in [0.2, 0.25) is 0 Å². The van der Waals surface area contributed by atoms with E-state index in [1.807, 2.05) is 36.4 Å². The van der Waals surface area contributed by atoms with Crippen molar-refractivity contribution in [2.45, 2.75) is 0 Å². The Balaban J connectivity index is 1.84. The molecule has 0 bridgehead atoms. The lowest BCUT2D eigenvalue weighted by Gasteiger charge is -2.15. The highest BCUT2D eigenvalue weighted by Gasteiger charge is 2.20. The van der Waals surface area contributed by atoms with Gasteiger partial charge in [-0.3, -0.25) is 4.79 Å². The Labute approximate surface area is 186 Å². The Bertz CT molecular complexity index is 1780. The SMILES string of the molecule is COc1ccc2cc3c(-c4c(F)cccc4F)c4cc5ccc(=O)cc5cc4oc3cc2c1. The summed E-state index contributed by atoms with van der Waals surface area (Å²) in [5.74, 6) is -0.626. The maximum absolute atomic E-state index is 15.0. The minimum atomic E-state index is -0.659.